The molecule has 3 N–H and O–H groups in total. The summed E-state index contributed by atoms with van der Waals surface area (Å²) in [4.78, 5) is 34.9. The Hall–Kier alpha value is -2.80. The number of aromatic carboxylic acids is 1. The highest BCUT2D eigenvalue weighted by Gasteiger charge is 2.15. The maximum Gasteiger partial charge on any atom is 0.335 e. The van der Waals surface area contributed by atoms with Crippen LogP contribution in [0.3, 0.4) is 0 Å². The molecule has 0 fully saturated rings. The Morgan fingerprint density at radius 1 is 1.04 bits per heavy atom. The summed E-state index contributed by atoms with van der Waals surface area (Å²) < 4.78 is 0. The van der Waals surface area contributed by atoms with Crippen LogP contribution in [0.25, 0.3) is 0 Å². The van der Waals surface area contributed by atoms with Gasteiger partial charge in [0.25, 0.3) is 0 Å². The first kappa shape index (κ1) is 20.5. The van der Waals surface area contributed by atoms with Gasteiger partial charge in [-0.1, -0.05) is 29.8 Å². The van der Waals surface area contributed by atoms with Gasteiger partial charge in [-0.2, -0.15) is 0 Å². The lowest BCUT2D eigenvalue weighted by Gasteiger charge is -2.12. The van der Waals surface area contributed by atoms with Crippen LogP contribution >= 0.6 is 11.8 Å². The van der Waals surface area contributed by atoms with Gasteiger partial charge in [-0.3, -0.25) is 9.59 Å². The van der Waals surface area contributed by atoms with E-state index in [1.165, 1.54) is 23.9 Å². The number of benzene rings is 2. The van der Waals surface area contributed by atoms with Crippen LogP contribution in [0.1, 0.15) is 28.4 Å². The predicted molar refractivity (Wildman–Crippen MR) is 107 cm³/mol. The molecule has 0 aliphatic heterocycles. The van der Waals surface area contributed by atoms with Gasteiger partial charge in [-0.05, 0) is 43.7 Å². The molecule has 2 rings (SSSR count). The van der Waals surface area contributed by atoms with Crippen molar-refractivity contribution in [2.45, 2.75) is 25.6 Å². The highest BCUT2D eigenvalue weighted by molar-refractivity contribution is 8.01. The normalized spacial score (nSPS) is 11.5. The van der Waals surface area contributed by atoms with Crippen LogP contribution in [0.4, 0.5) is 5.69 Å². The lowest BCUT2D eigenvalue weighted by molar-refractivity contribution is -0.120. The molecule has 0 saturated carbocycles. The van der Waals surface area contributed by atoms with Crippen LogP contribution in [0.15, 0.2) is 48.5 Å². The molecule has 0 bridgehead atoms. The average Bonchev–Trinajstić information content (AvgIpc) is 2.66. The van der Waals surface area contributed by atoms with Gasteiger partial charge in [0.2, 0.25) is 11.8 Å². The smallest absolute Gasteiger partial charge is 0.335 e. The molecule has 2 aromatic rings. The van der Waals surface area contributed by atoms with E-state index in [4.69, 9.17) is 5.11 Å². The molecule has 7 heteroatoms. The molecule has 142 valence electrons. The second-order valence-electron chi connectivity index (χ2n) is 6.09. The lowest BCUT2D eigenvalue weighted by atomic mass is 10.1. The number of hydrogen-bond acceptors (Lipinski definition) is 4. The van der Waals surface area contributed by atoms with E-state index in [1.54, 1.807) is 19.1 Å². The largest absolute Gasteiger partial charge is 0.478 e. The van der Waals surface area contributed by atoms with Gasteiger partial charge in [0.1, 0.15) is 0 Å². The summed E-state index contributed by atoms with van der Waals surface area (Å²) in [6, 6.07) is 13.8. The zero-order chi connectivity index (χ0) is 19.8. The van der Waals surface area contributed by atoms with Crippen molar-refractivity contribution < 1.29 is 19.5 Å². The van der Waals surface area contributed by atoms with Crippen molar-refractivity contribution >= 4 is 35.2 Å². The number of carbonyl (C=O) groups excluding carboxylic acids is 2. The number of anilines is 1. The van der Waals surface area contributed by atoms with Crippen LogP contribution in [-0.2, 0) is 16.1 Å². The average molecular weight is 386 g/mol. The van der Waals surface area contributed by atoms with Gasteiger partial charge in [-0.25, -0.2) is 4.79 Å². The fraction of sp³-hybridized carbons (Fsp3) is 0.250. The SMILES string of the molecule is Cc1ccc(NC(=O)CSC(C)C(=O)NCc2ccc(C(=O)O)cc2)cc1. The summed E-state index contributed by atoms with van der Waals surface area (Å²) in [7, 11) is 0. The monoisotopic (exact) mass is 386 g/mol. The summed E-state index contributed by atoms with van der Waals surface area (Å²) in [5, 5.41) is 14.1. The van der Waals surface area contributed by atoms with Crippen molar-refractivity contribution in [1.29, 1.82) is 0 Å². The van der Waals surface area contributed by atoms with E-state index in [2.05, 4.69) is 10.6 Å². The molecule has 2 amide bonds. The molecule has 0 aliphatic carbocycles. The molecular weight excluding hydrogens is 364 g/mol. The van der Waals surface area contributed by atoms with E-state index in [9.17, 15) is 14.4 Å². The minimum atomic E-state index is -0.987. The molecule has 27 heavy (non-hydrogen) atoms. The number of carboxylic acids is 1. The topological polar surface area (TPSA) is 95.5 Å². The summed E-state index contributed by atoms with van der Waals surface area (Å²) in [6.07, 6.45) is 0. The number of nitrogens with one attached hydrogen (secondary N) is 2. The van der Waals surface area contributed by atoms with Gasteiger partial charge < -0.3 is 15.7 Å². The van der Waals surface area contributed by atoms with Gasteiger partial charge in [0.05, 0.1) is 16.6 Å². The van der Waals surface area contributed by atoms with E-state index in [1.807, 2.05) is 31.2 Å². The molecule has 6 nitrogen and oxygen atoms in total. The fourth-order valence-electron chi connectivity index (χ4n) is 2.21. The van der Waals surface area contributed by atoms with Crippen molar-refractivity contribution in [3.8, 4) is 0 Å². The minimum absolute atomic E-state index is 0.159. The van der Waals surface area contributed by atoms with E-state index >= 15 is 0 Å². The Balaban J connectivity index is 1.73. The molecule has 1 unspecified atom stereocenters. The summed E-state index contributed by atoms with van der Waals surface area (Å²) >= 11 is 1.25. The van der Waals surface area contributed by atoms with Gasteiger partial charge in [-0.15, -0.1) is 11.8 Å². The molecule has 0 aromatic heterocycles. The Bertz CT molecular complexity index is 804. The van der Waals surface area contributed by atoms with E-state index in [-0.39, 0.29) is 28.4 Å². The Morgan fingerprint density at radius 2 is 1.67 bits per heavy atom. The van der Waals surface area contributed by atoms with E-state index in [0.29, 0.717) is 6.54 Å². The zero-order valence-electron chi connectivity index (χ0n) is 15.2. The number of thioether (sulfide) groups is 1. The van der Waals surface area contributed by atoms with E-state index < -0.39 is 5.97 Å². The standard InChI is InChI=1S/C20H22N2O4S/c1-13-3-9-17(10-4-13)22-18(23)12-27-14(2)19(24)21-11-15-5-7-16(8-6-15)20(25)26/h3-10,14H,11-12H2,1-2H3,(H,21,24)(H,22,23)(H,25,26). The summed E-state index contributed by atoms with van der Waals surface area (Å²) in [5.41, 5.74) is 2.86. The van der Waals surface area contributed by atoms with Crippen LogP contribution < -0.4 is 10.6 Å². The summed E-state index contributed by atoms with van der Waals surface area (Å²) in [5.74, 6) is -1.15. The third kappa shape index (κ3) is 6.79. The Morgan fingerprint density at radius 3 is 2.26 bits per heavy atom. The molecule has 0 saturated heterocycles. The number of rotatable bonds is 8. The van der Waals surface area contributed by atoms with Crippen LogP contribution in [-0.4, -0.2) is 33.9 Å². The first-order valence-corrected chi connectivity index (χ1v) is 9.48. The van der Waals surface area contributed by atoms with Gasteiger partial charge in [0, 0.05) is 12.2 Å². The highest BCUT2D eigenvalue weighted by atomic mass is 32.2. The van der Waals surface area contributed by atoms with Crippen LogP contribution in [0.5, 0.6) is 0 Å². The van der Waals surface area contributed by atoms with Gasteiger partial charge in [0.15, 0.2) is 0 Å². The minimum Gasteiger partial charge on any atom is -0.478 e. The van der Waals surface area contributed by atoms with Crippen LogP contribution in [0.2, 0.25) is 0 Å². The number of amides is 2. The van der Waals surface area contributed by atoms with Crippen molar-refractivity contribution in [2.75, 3.05) is 11.1 Å². The third-order valence-electron chi connectivity index (χ3n) is 3.84. The van der Waals surface area contributed by atoms with Crippen molar-refractivity contribution in [2.24, 2.45) is 0 Å². The predicted octanol–water partition coefficient (Wildman–Crippen LogP) is 3.07. The zero-order valence-corrected chi connectivity index (χ0v) is 16.0. The molecule has 0 spiro atoms. The Labute approximate surface area is 162 Å². The lowest BCUT2D eigenvalue weighted by Crippen LogP contribution is -2.31. The number of aryl methyl sites for hydroxylation is 1. The third-order valence-corrected chi connectivity index (χ3v) is 4.98. The Kier molecular flexibility index (Phi) is 7.43. The molecule has 0 aliphatic rings. The maximum atomic E-state index is 12.1. The van der Waals surface area contributed by atoms with Crippen LogP contribution in [0, 0.1) is 6.92 Å². The van der Waals surface area contributed by atoms with E-state index in [0.717, 1.165) is 16.8 Å². The number of carboxylic acid groups (broad SMARTS) is 1. The quantitative estimate of drug-likeness (QED) is 0.648. The molecule has 0 heterocycles. The molecular formula is C20H22N2O4S. The van der Waals surface area contributed by atoms with Crippen molar-refractivity contribution in [3.63, 3.8) is 0 Å². The second kappa shape index (κ2) is 9.78. The molecule has 1 atom stereocenters. The number of hydrogen-bond donors (Lipinski definition) is 3. The highest BCUT2D eigenvalue weighted by Crippen LogP contribution is 2.13. The molecule has 0 radical (unpaired) electrons. The molecule has 2 aromatic carbocycles. The van der Waals surface area contributed by atoms with Crippen molar-refractivity contribution in [3.05, 3.63) is 65.2 Å². The van der Waals surface area contributed by atoms with Gasteiger partial charge >= 0.3 is 5.97 Å². The van der Waals surface area contributed by atoms with Crippen molar-refractivity contribution in [1.82, 2.24) is 5.32 Å². The first-order chi connectivity index (χ1) is 12.8. The maximum absolute atomic E-state index is 12.1. The summed E-state index contributed by atoms with van der Waals surface area (Å²) in [6.45, 7) is 4.02. The number of carbonyl (C=O) groups is 3. The second-order valence-corrected chi connectivity index (χ2v) is 7.42. The first-order valence-electron chi connectivity index (χ1n) is 8.43. The fourth-order valence-corrected chi connectivity index (χ4v) is 2.92.